The minimum atomic E-state index is -3.58. The van der Waals surface area contributed by atoms with Crippen LogP contribution in [0.1, 0.15) is 25.8 Å². The van der Waals surface area contributed by atoms with Crippen molar-refractivity contribution in [1.29, 1.82) is 5.26 Å². The molecule has 0 aromatic heterocycles. The van der Waals surface area contributed by atoms with Gasteiger partial charge in [0.25, 0.3) is 0 Å². The highest BCUT2D eigenvalue weighted by atomic mass is 35.5. The van der Waals surface area contributed by atoms with Gasteiger partial charge in [0.15, 0.2) is 0 Å². The first-order chi connectivity index (χ1) is 8.86. The molecule has 102 valence electrons. The van der Waals surface area contributed by atoms with Crippen molar-refractivity contribution < 1.29 is 8.42 Å². The Hall–Kier alpha value is -1.09. The maximum absolute atomic E-state index is 12.6. The summed E-state index contributed by atoms with van der Waals surface area (Å²) in [6.07, 6.45) is 0.854. The van der Waals surface area contributed by atoms with Crippen LogP contribution in [0.15, 0.2) is 23.1 Å². The number of nitrogens with zero attached hydrogens (tertiary/aromatic N) is 2. The molecule has 0 amide bonds. The van der Waals surface area contributed by atoms with E-state index in [2.05, 4.69) is 0 Å². The maximum atomic E-state index is 12.6. The van der Waals surface area contributed by atoms with E-state index in [-0.39, 0.29) is 16.0 Å². The third-order valence-electron chi connectivity index (χ3n) is 3.37. The third-order valence-corrected chi connectivity index (χ3v) is 5.84. The van der Waals surface area contributed by atoms with E-state index in [0.717, 1.165) is 6.42 Å². The first-order valence-corrected chi connectivity index (χ1v) is 7.89. The third kappa shape index (κ3) is 2.62. The summed E-state index contributed by atoms with van der Waals surface area (Å²) in [6, 6.07) is 6.19. The SMILES string of the molecule is CC1CC(C)N(S(=O)(=O)c2ccc(C#N)cc2Cl)C1. The topological polar surface area (TPSA) is 61.2 Å². The molecule has 0 saturated carbocycles. The van der Waals surface area contributed by atoms with Crippen LogP contribution in [-0.4, -0.2) is 25.3 Å². The summed E-state index contributed by atoms with van der Waals surface area (Å²) in [5.41, 5.74) is 0.354. The molecule has 1 aliphatic rings. The summed E-state index contributed by atoms with van der Waals surface area (Å²) in [6.45, 7) is 4.45. The number of halogens is 1. The molecule has 0 spiro atoms. The molecule has 1 aliphatic heterocycles. The van der Waals surface area contributed by atoms with Gasteiger partial charge in [0.2, 0.25) is 10.0 Å². The van der Waals surface area contributed by atoms with Gasteiger partial charge in [-0.3, -0.25) is 0 Å². The van der Waals surface area contributed by atoms with Gasteiger partial charge in [-0.2, -0.15) is 9.57 Å². The minimum absolute atomic E-state index is 0.0216. The van der Waals surface area contributed by atoms with Gasteiger partial charge in [-0.05, 0) is 37.5 Å². The Bertz CT molecular complexity index is 637. The van der Waals surface area contributed by atoms with Crippen LogP contribution in [-0.2, 0) is 10.0 Å². The second-order valence-corrected chi connectivity index (χ2v) is 7.29. The Morgan fingerprint density at radius 2 is 2.11 bits per heavy atom. The van der Waals surface area contributed by atoms with Crippen molar-refractivity contribution in [2.75, 3.05) is 6.54 Å². The van der Waals surface area contributed by atoms with Gasteiger partial charge in [0, 0.05) is 12.6 Å². The molecule has 0 N–H and O–H groups in total. The zero-order chi connectivity index (χ0) is 14.2. The molecular weight excluding hydrogens is 284 g/mol. The van der Waals surface area contributed by atoms with Gasteiger partial charge in [-0.15, -0.1) is 0 Å². The van der Waals surface area contributed by atoms with E-state index >= 15 is 0 Å². The highest BCUT2D eigenvalue weighted by Crippen LogP contribution is 2.32. The summed E-state index contributed by atoms with van der Waals surface area (Å²) in [5, 5.41) is 8.88. The van der Waals surface area contributed by atoms with Crippen molar-refractivity contribution in [3.8, 4) is 6.07 Å². The fourth-order valence-corrected chi connectivity index (χ4v) is 4.78. The highest BCUT2D eigenvalue weighted by Gasteiger charge is 2.36. The van der Waals surface area contributed by atoms with Gasteiger partial charge in [0.1, 0.15) is 4.90 Å². The molecule has 0 bridgehead atoms. The van der Waals surface area contributed by atoms with E-state index in [1.165, 1.54) is 22.5 Å². The average Bonchev–Trinajstić information content (AvgIpc) is 2.68. The number of hydrogen-bond acceptors (Lipinski definition) is 3. The van der Waals surface area contributed by atoms with Gasteiger partial charge in [-0.1, -0.05) is 18.5 Å². The number of hydrogen-bond donors (Lipinski definition) is 0. The zero-order valence-corrected chi connectivity index (χ0v) is 12.4. The van der Waals surface area contributed by atoms with Crippen LogP contribution in [0.3, 0.4) is 0 Å². The first kappa shape index (κ1) is 14.3. The molecular formula is C13H15ClN2O2S. The monoisotopic (exact) mass is 298 g/mol. The van der Waals surface area contributed by atoms with Gasteiger partial charge >= 0.3 is 0 Å². The normalized spacial score (nSPS) is 24.3. The molecule has 2 atom stereocenters. The molecule has 1 fully saturated rings. The van der Waals surface area contributed by atoms with Crippen LogP contribution in [0.4, 0.5) is 0 Å². The second kappa shape index (κ2) is 5.12. The van der Waals surface area contributed by atoms with E-state index in [1.807, 2.05) is 19.9 Å². The molecule has 2 rings (SSSR count). The summed E-state index contributed by atoms with van der Waals surface area (Å²) in [7, 11) is -3.58. The lowest BCUT2D eigenvalue weighted by atomic mass is 10.1. The fourth-order valence-electron chi connectivity index (χ4n) is 2.50. The maximum Gasteiger partial charge on any atom is 0.244 e. The number of sulfonamides is 1. The highest BCUT2D eigenvalue weighted by molar-refractivity contribution is 7.89. The molecule has 0 aliphatic carbocycles. The standard InChI is InChI=1S/C13H15ClN2O2S/c1-9-5-10(2)16(8-9)19(17,18)13-4-3-11(7-15)6-12(13)14/h3-4,6,9-10H,5,8H2,1-2H3. The summed E-state index contributed by atoms with van der Waals surface area (Å²) in [5.74, 6) is 0.349. The van der Waals surface area contributed by atoms with E-state index < -0.39 is 10.0 Å². The van der Waals surface area contributed by atoms with Crippen molar-refractivity contribution in [2.45, 2.75) is 31.2 Å². The Kier molecular flexibility index (Phi) is 3.86. The summed E-state index contributed by atoms with van der Waals surface area (Å²) >= 11 is 6.00. The Morgan fingerprint density at radius 3 is 2.58 bits per heavy atom. The van der Waals surface area contributed by atoms with Crippen molar-refractivity contribution in [2.24, 2.45) is 5.92 Å². The van der Waals surface area contributed by atoms with Crippen molar-refractivity contribution >= 4 is 21.6 Å². The van der Waals surface area contributed by atoms with Crippen LogP contribution in [0, 0.1) is 17.2 Å². The predicted molar refractivity (Wildman–Crippen MR) is 73.3 cm³/mol. The second-order valence-electron chi connectivity index (χ2n) is 5.02. The van der Waals surface area contributed by atoms with E-state index in [0.29, 0.717) is 18.0 Å². The van der Waals surface area contributed by atoms with Crippen molar-refractivity contribution in [3.05, 3.63) is 28.8 Å². The molecule has 1 saturated heterocycles. The minimum Gasteiger partial charge on any atom is -0.207 e. The predicted octanol–water partition coefficient (Wildman–Crippen LogP) is 2.63. The average molecular weight is 299 g/mol. The van der Waals surface area contributed by atoms with Crippen LogP contribution in [0.2, 0.25) is 5.02 Å². The van der Waals surface area contributed by atoms with E-state index in [9.17, 15) is 8.42 Å². The summed E-state index contributed by atoms with van der Waals surface area (Å²) in [4.78, 5) is 0.0779. The lowest BCUT2D eigenvalue weighted by molar-refractivity contribution is 0.405. The Morgan fingerprint density at radius 1 is 1.42 bits per heavy atom. The van der Waals surface area contributed by atoms with Gasteiger partial charge < -0.3 is 0 Å². The van der Waals surface area contributed by atoms with Crippen LogP contribution in [0.25, 0.3) is 0 Å². The fraction of sp³-hybridized carbons (Fsp3) is 0.462. The Balaban J connectivity index is 2.43. The largest absolute Gasteiger partial charge is 0.244 e. The van der Waals surface area contributed by atoms with Gasteiger partial charge in [0.05, 0.1) is 16.7 Å². The number of rotatable bonds is 2. The molecule has 6 heteroatoms. The van der Waals surface area contributed by atoms with Crippen LogP contribution < -0.4 is 0 Å². The molecule has 1 aromatic carbocycles. The van der Waals surface area contributed by atoms with E-state index in [1.54, 1.807) is 0 Å². The molecule has 1 aromatic rings. The molecule has 4 nitrogen and oxygen atoms in total. The summed E-state index contributed by atoms with van der Waals surface area (Å²) < 4.78 is 26.6. The molecule has 0 radical (unpaired) electrons. The Labute approximate surface area is 118 Å². The first-order valence-electron chi connectivity index (χ1n) is 6.07. The number of nitriles is 1. The molecule has 1 heterocycles. The van der Waals surface area contributed by atoms with Gasteiger partial charge in [-0.25, -0.2) is 8.42 Å². The number of benzene rings is 1. The smallest absolute Gasteiger partial charge is 0.207 e. The zero-order valence-electron chi connectivity index (χ0n) is 10.8. The lowest BCUT2D eigenvalue weighted by Crippen LogP contribution is -2.34. The van der Waals surface area contributed by atoms with Crippen molar-refractivity contribution in [1.82, 2.24) is 4.31 Å². The molecule has 2 unspecified atom stereocenters. The lowest BCUT2D eigenvalue weighted by Gasteiger charge is -2.21. The van der Waals surface area contributed by atoms with Crippen LogP contribution >= 0.6 is 11.6 Å². The quantitative estimate of drug-likeness (QED) is 0.843. The van der Waals surface area contributed by atoms with Crippen molar-refractivity contribution in [3.63, 3.8) is 0 Å². The van der Waals surface area contributed by atoms with E-state index in [4.69, 9.17) is 16.9 Å². The molecule has 19 heavy (non-hydrogen) atoms. The van der Waals surface area contributed by atoms with Crippen LogP contribution in [0.5, 0.6) is 0 Å².